The van der Waals surface area contributed by atoms with Crippen molar-refractivity contribution in [3.8, 4) is 0 Å². The van der Waals surface area contributed by atoms with Gasteiger partial charge < -0.3 is 9.47 Å². The number of rotatable bonds is 13. The smallest absolute Gasteiger partial charge is 0.0466 e. The minimum Gasteiger partial charge on any atom is -0.381 e. The number of ether oxygens (including phenoxy) is 2. The molecule has 0 aliphatic carbocycles. The van der Waals surface area contributed by atoms with Crippen molar-refractivity contribution in [2.45, 2.75) is 65.7 Å². The molecule has 0 heterocycles. The zero-order chi connectivity index (χ0) is 12.8. The fourth-order valence-electron chi connectivity index (χ4n) is 1.63. The molecule has 0 fully saturated rings. The van der Waals surface area contributed by atoms with Gasteiger partial charge in [-0.15, -0.1) is 0 Å². The fourth-order valence-corrected chi connectivity index (χ4v) is 1.63. The van der Waals surface area contributed by atoms with Gasteiger partial charge in [-0.1, -0.05) is 27.2 Å². The Kier molecular flexibility index (Phi) is 13.9. The number of unbranched alkanes of at least 4 members (excludes halogenated alkanes) is 3. The summed E-state index contributed by atoms with van der Waals surface area (Å²) in [5.41, 5.74) is 0. The molecule has 0 aliphatic rings. The third-order valence-electron chi connectivity index (χ3n) is 2.79. The van der Waals surface area contributed by atoms with E-state index in [2.05, 4.69) is 20.8 Å². The second-order valence-electron chi connectivity index (χ2n) is 5.18. The van der Waals surface area contributed by atoms with Crippen LogP contribution in [0.3, 0.4) is 0 Å². The van der Waals surface area contributed by atoms with E-state index in [1.54, 1.807) is 0 Å². The van der Waals surface area contributed by atoms with Crippen LogP contribution in [-0.2, 0) is 9.47 Å². The second kappa shape index (κ2) is 14.0. The summed E-state index contributed by atoms with van der Waals surface area (Å²) in [5, 5.41) is 0. The summed E-state index contributed by atoms with van der Waals surface area (Å²) in [6, 6.07) is 0. The Hall–Kier alpha value is -0.0800. The van der Waals surface area contributed by atoms with E-state index in [1.807, 2.05) is 0 Å². The molecule has 0 radical (unpaired) electrons. The van der Waals surface area contributed by atoms with Crippen molar-refractivity contribution in [3.63, 3.8) is 0 Å². The van der Waals surface area contributed by atoms with Crippen LogP contribution in [0.4, 0.5) is 0 Å². The highest BCUT2D eigenvalue weighted by Gasteiger charge is 1.95. The number of hydrogen-bond acceptors (Lipinski definition) is 2. The molecule has 0 aromatic carbocycles. The Morgan fingerprint density at radius 1 is 0.706 bits per heavy atom. The first-order valence-electron chi connectivity index (χ1n) is 7.42. The fraction of sp³-hybridized carbons (Fsp3) is 1.00. The van der Waals surface area contributed by atoms with Crippen LogP contribution in [0.25, 0.3) is 0 Å². The molecule has 0 unspecified atom stereocenters. The third-order valence-corrected chi connectivity index (χ3v) is 2.79. The van der Waals surface area contributed by atoms with Crippen molar-refractivity contribution in [1.29, 1.82) is 0 Å². The molecule has 0 aromatic rings. The van der Waals surface area contributed by atoms with E-state index in [-0.39, 0.29) is 0 Å². The van der Waals surface area contributed by atoms with Crippen LogP contribution in [0.1, 0.15) is 65.7 Å². The molecule has 0 rings (SSSR count). The maximum absolute atomic E-state index is 5.59. The van der Waals surface area contributed by atoms with Gasteiger partial charge in [0.2, 0.25) is 0 Å². The van der Waals surface area contributed by atoms with Crippen molar-refractivity contribution in [2.75, 3.05) is 26.4 Å². The molecular weight excluding hydrogens is 212 g/mol. The van der Waals surface area contributed by atoms with E-state index in [9.17, 15) is 0 Å². The lowest BCUT2D eigenvalue weighted by Crippen LogP contribution is -2.00. The second-order valence-corrected chi connectivity index (χ2v) is 5.18. The first-order chi connectivity index (χ1) is 8.27. The van der Waals surface area contributed by atoms with Crippen LogP contribution in [0.5, 0.6) is 0 Å². The maximum Gasteiger partial charge on any atom is 0.0466 e. The van der Waals surface area contributed by atoms with Crippen LogP contribution in [0.2, 0.25) is 0 Å². The van der Waals surface area contributed by atoms with Crippen LogP contribution in [0, 0.1) is 5.92 Å². The highest BCUT2D eigenvalue weighted by molar-refractivity contribution is 4.45. The van der Waals surface area contributed by atoms with Gasteiger partial charge in [-0.2, -0.15) is 0 Å². The van der Waals surface area contributed by atoms with E-state index < -0.39 is 0 Å². The van der Waals surface area contributed by atoms with Crippen LogP contribution < -0.4 is 0 Å². The first-order valence-corrected chi connectivity index (χ1v) is 7.42. The lowest BCUT2D eigenvalue weighted by atomic mass is 10.1. The van der Waals surface area contributed by atoms with Crippen LogP contribution in [-0.4, -0.2) is 26.4 Å². The third kappa shape index (κ3) is 15.9. The molecule has 0 N–H and O–H groups in total. The monoisotopic (exact) mass is 244 g/mol. The van der Waals surface area contributed by atoms with Crippen molar-refractivity contribution >= 4 is 0 Å². The van der Waals surface area contributed by atoms with Gasteiger partial charge in [0.15, 0.2) is 0 Å². The predicted octanol–water partition coefficient (Wildman–Crippen LogP) is 4.43. The van der Waals surface area contributed by atoms with Gasteiger partial charge in [-0.05, 0) is 44.4 Å². The van der Waals surface area contributed by atoms with E-state index in [4.69, 9.17) is 9.47 Å². The Morgan fingerprint density at radius 3 is 1.76 bits per heavy atom. The van der Waals surface area contributed by atoms with E-state index in [1.165, 1.54) is 44.9 Å². The summed E-state index contributed by atoms with van der Waals surface area (Å²) in [6.45, 7) is 10.4. The van der Waals surface area contributed by atoms with Crippen LogP contribution in [0.15, 0.2) is 0 Å². The average Bonchev–Trinajstić information content (AvgIpc) is 2.30. The minimum absolute atomic E-state index is 0.805. The quantitative estimate of drug-likeness (QED) is 0.446. The molecule has 0 aromatic heterocycles. The molecule has 0 spiro atoms. The van der Waals surface area contributed by atoms with Crippen molar-refractivity contribution in [3.05, 3.63) is 0 Å². The van der Waals surface area contributed by atoms with E-state index in [0.717, 1.165) is 32.3 Å². The molecule has 0 aliphatic heterocycles. The van der Waals surface area contributed by atoms with Gasteiger partial charge in [0.05, 0.1) is 0 Å². The van der Waals surface area contributed by atoms with Gasteiger partial charge in [0, 0.05) is 26.4 Å². The Balaban J connectivity index is 2.89. The topological polar surface area (TPSA) is 18.5 Å². The van der Waals surface area contributed by atoms with Crippen LogP contribution >= 0.6 is 0 Å². The highest BCUT2D eigenvalue weighted by atomic mass is 16.5. The molecule has 0 amide bonds. The zero-order valence-corrected chi connectivity index (χ0v) is 12.2. The maximum atomic E-state index is 5.59. The molecule has 2 nitrogen and oxygen atoms in total. The summed E-state index contributed by atoms with van der Waals surface area (Å²) < 4.78 is 11.1. The Bertz CT molecular complexity index is 135. The molecule has 17 heavy (non-hydrogen) atoms. The van der Waals surface area contributed by atoms with Crippen molar-refractivity contribution < 1.29 is 9.47 Å². The number of hydrogen-bond donors (Lipinski definition) is 0. The molecule has 0 saturated carbocycles. The lowest BCUT2D eigenvalue weighted by Gasteiger charge is -2.06. The standard InChI is InChI=1S/C15H32O2/c1-4-5-11-16-12-7-6-8-13-17-14-9-10-15(2)3/h15H,4-14H2,1-3H3. The summed E-state index contributed by atoms with van der Waals surface area (Å²) in [6.07, 6.45) is 8.50. The van der Waals surface area contributed by atoms with Gasteiger partial charge in [-0.3, -0.25) is 0 Å². The summed E-state index contributed by atoms with van der Waals surface area (Å²) in [7, 11) is 0. The van der Waals surface area contributed by atoms with E-state index >= 15 is 0 Å². The molecule has 0 saturated heterocycles. The molecule has 2 heteroatoms. The minimum atomic E-state index is 0.805. The SMILES string of the molecule is CCCCOCCCCCOCCCC(C)C. The molecule has 0 bridgehead atoms. The summed E-state index contributed by atoms with van der Waals surface area (Å²) in [5.74, 6) is 0.805. The molecular formula is C15H32O2. The van der Waals surface area contributed by atoms with Crippen molar-refractivity contribution in [2.24, 2.45) is 5.92 Å². The summed E-state index contributed by atoms with van der Waals surface area (Å²) in [4.78, 5) is 0. The van der Waals surface area contributed by atoms with Gasteiger partial charge >= 0.3 is 0 Å². The highest BCUT2D eigenvalue weighted by Crippen LogP contribution is 2.04. The van der Waals surface area contributed by atoms with Gasteiger partial charge in [0.25, 0.3) is 0 Å². The first kappa shape index (κ1) is 16.9. The molecule has 0 atom stereocenters. The normalized spacial score (nSPS) is 11.3. The predicted molar refractivity (Wildman–Crippen MR) is 74.5 cm³/mol. The largest absolute Gasteiger partial charge is 0.381 e. The van der Waals surface area contributed by atoms with Gasteiger partial charge in [0.1, 0.15) is 0 Å². The Labute approximate surface area is 108 Å². The zero-order valence-electron chi connectivity index (χ0n) is 12.2. The molecule has 104 valence electrons. The van der Waals surface area contributed by atoms with Crippen molar-refractivity contribution in [1.82, 2.24) is 0 Å². The lowest BCUT2D eigenvalue weighted by molar-refractivity contribution is 0.110. The van der Waals surface area contributed by atoms with Gasteiger partial charge in [-0.25, -0.2) is 0 Å². The average molecular weight is 244 g/mol. The summed E-state index contributed by atoms with van der Waals surface area (Å²) >= 11 is 0. The van der Waals surface area contributed by atoms with E-state index in [0.29, 0.717) is 0 Å². The Morgan fingerprint density at radius 2 is 1.24 bits per heavy atom.